The Hall–Kier alpha value is -1.08. The van der Waals surface area contributed by atoms with E-state index >= 15 is 0 Å². The van der Waals surface area contributed by atoms with E-state index in [1.54, 1.807) is 13.8 Å². The van der Waals surface area contributed by atoms with Gasteiger partial charge in [0.05, 0.1) is 0 Å². The van der Waals surface area contributed by atoms with Gasteiger partial charge in [0.25, 0.3) is 0 Å². The Morgan fingerprint density at radius 2 is 1.81 bits per heavy atom. The lowest BCUT2D eigenvalue weighted by Crippen LogP contribution is -2.32. The third-order valence-corrected chi connectivity index (χ3v) is 2.05. The summed E-state index contributed by atoms with van der Waals surface area (Å²) in [6.07, 6.45) is -4.59. The van der Waals surface area contributed by atoms with E-state index < -0.39 is 19.0 Å². The van der Waals surface area contributed by atoms with E-state index in [9.17, 15) is 13.2 Å². The Bertz CT molecular complexity index is 353. The highest BCUT2D eigenvalue weighted by Crippen LogP contribution is 2.28. The second-order valence-corrected chi connectivity index (χ2v) is 3.74. The lowest BCUT2D eigenvalue weighted by molar-refractivity contribution is -0.141. The van der Waals surface area contributed by atoms with Crippen LogP contribution in [0.3, 0.4) is 0 Å². The standard InChI is InChI=1S/C9H11BF3NO2/c1-5(2)7-3-6(10(15)16)4-8(14-7)9(11,12)13/h3-5,15-16H,1-2H3. The van der Waals surface area contributed by atoms with Crippen molar-refractivity contribution in [2.75, 3.05) is 0 Å². The number of aromatic nitrogens is 1. The molecule has 0 spiro atoms. The van der Waals surface area contributed by atoms with Gasteiger partial charge in [-0.25, -0.2) is 4.98 Å². The first-order chi connectivity index (χ1) is 7.21. The van der Waals surface area contributed by atoms with Crippen LogP contribution in [0.1, 0.15) is 31.2 Å². The maximum Gasteiger partial charge on any atom is 0.488 e. The summed E-state index contributed by atoms with van der Waals surface area (Å²) in [4.78, 5) is 3.44. The molecule has 1 aromatic heterocycles. The fourth-order valence-corrected chi connectivity index (χ4v) is 1.16. The molecule has 7 heteroatoms. The molecule has 0 radical (unpaired) electrons. The number of hydrogen-bond acceptors (Lipinski definition) is 3. The lowest BCUT2D eigenvalue weighted by Gasteiger charge is -2.12. The molecule has 3 nitrogen and oxygen atoms in total. The first-order valence-electron chi connectivity index (χ1n) is 4.67. The van der Waals surface area contributed by atoms with Crippen molar-refractivity contribution in [2.24, 2.45) is 0 Å². The van der Waals surface area contributed by atoms with Crippen LogP contribution in [0.2, 0.25) is 0 Å². The minimum absolute atomic E-state index is 0.179. The molecule has 2 N–H and O–H groups in total. The number of rotatable bonds is 2. The number of hydrogen-bond donors (Lipinski definition) is 2. The van der Waals surface area contributed by atoms with E-state index in [2.05, 4.69) is 4.98 Å². The molecule has 0 bridgehead atoms. The third-order valence-electron chi connectivity index (χ3n) is 2.05. The van der Waals surface area contributed by atoms with Gasteiger partial charge in [-0.2, -0.15) is 13.2 Å². The molecule has 0 aliphatic carbocycles. The molecule has 1 heterocycles. The quantitative estimate of drug-likeness (QED) is 0.746. The van der Waals surface area contributed by atoms with Crippen molar-refractivity contribution >= 4 is 12.6 Å². The van der Waals surface area contributed by atoms with Crippen molar-refractivity contribution in [3.05, 3.63) is 23.5 Å². The van der Waals surface area contributed by atoms with Crippen molar-refractivity contribution < 1.29 is 23.2 Å². The Labute approximate surface area is 91.1 Å². The molecule has 88 valence electrons. The van der Waals surface area contributed by atoms with Crippen LogP contribution in [0, 0.1) is 0 Å². The Morgan fingerprint density at radius 3 is 2.19 bits per heavy atom. The molecule has 0 fully saturated rings. The average molecular weight is 233 g/mol. The first-order valence-corrected chi connectivity index (χ1v) is 4.67. The Balaban J connectivity index is 3.30. The maximum atomic E-state index is 12.4. The summed E-state index contributed by atoms with van der Waals surface area (Å²) in [5.74, 6) is -0.222. The van der Waals surface area contributed by atoms with Gasteiger partial charge >= 0.3 is 13.3 Å². The fraction of sp³-hybridized carbons (Fsp3) is 0.444. The van der Waals surface area contributed by atoms with Crippen LogP contribution < -0.4 is 5.46 Å². The van der Waals surface area contributed by atoms with Crippen molar-refractivity contribution in [2.45, 2.75) is 25.9 Å². The van der Waals surface area contributed by atoms with Crippen LogP contribution in [-0.4, -0.2) is 22.2 Å². The number of halogens is 3. The average Bonchev–Trinajstić information content (AvgIpc) is 2.15. The zero-order valence-corrected chi connectivity index (χ0v) is 8.78. The predicted molar refractivity (Wildman–Crippen MR) is 53.2 cm³/mol. The molecule has 0 saturated heterocycles. The fourth-order valence-electron chi connectivity index (χ4n) is 1.16. The van der Waals surface area contributed by atoms with Crippen LogP contribution >= 0.6 is 0 Å². The van der Waals surface area contributed by atoms with Crippen LogP contribution in [-0.2, 0) is 6.18 Å². The van der Waals surface area contributed by atoms with Crippen LogP contribution in [0.4, 0.5) is 13.2 Å². The summed E-state index contributed by atoms with van der Waals surface area (Å²) in [6, 6.07) is 1.89. The highest BCUT2D eigenvalue weighted by molar-refractivity contribution is 6.58. The molecule has 0 unspecified atom stereocenters. The Morgan fingerprint density at radius 1 is 1.25 bits per heavy atom. The highest BCUT2D eigenvalue weighted by Gasteiger charge is 2.34. The molecule has 0 aliphatic heterocycles. The number of alkyl halides is 3. The van der Waals surface area contributed by atoms with Crippen LogP contribution in [0.5, 0.6) is 0 Å². The topological polar surface area (TPSA) is 53.4 Å². The molecule has 0 aliphatic rings. The molecule has 0 atom stereocenters. The minimum Gasteiger partial charge on any atom is -0.423 e. The van der Waals surface area contributed by atoms with E-state index in [1.807, 2.05) is 0 Å². The maximum absolute atomic E-state index is 12.4. The van der Waals surface area contributed by atoms with E-state index in [4.69, 9.17) is 10.0 Å². The summed E-state index contributed by atoms with van der Waals surface area (Å²) in [5, 5.41) is 17.8. The van der Waals surface area contributed by atoms with E-state index in [1.165, 1.54) is 6.07 Å². The summed E-state index contributed by atoms with van der Waals surface area (Å²) in [5.41, 5.74) is -1.13. The molecule has 1 aromatic rings. The highest BCUT2D eigenvalue weighted by atomic mass is 19.4. The summed E-state index contributed by atoms with van der Waals surface area (Å²) < 4.78 is 37.3. The molecule has 16 heavy (non-hydrogen) atoms. The largest absolute Gasteiger partial charge is 0.488 e. The second kappa shape index (κ2) is 4.43. The smallest absolute Gasteiger partial charge is 0.423 e. The molecule has 0 saturated carbocycles. The molecule has 0 amide bonds. The van der Waals surface area contributed by atoms with Gasteiger partial charge in [0, 0.05) is 5.69 Å². The SMILES string of the molecule is CC(C)c1cc(B(O)O)cc(C(F)(F)F)n1. The zero-order chi connectivity index (χ0) is 12.5. The molecular formula is C9H11BF3NO2. The van der Waals surface area contributed by atoms with Crippen LogP contribution in [0.15, 0.2) is 12.1 Å². The number of nitrogens with zero attached hydrogens (tertiary/aromatic N) is 1. The molecule has 1 rings (SSSR count). The predicted octanol–water partition coefficient (Wildman–Crippen LogP) is 0.904. The van der Waals surface area contributed by atoms with E-state index in [-0.39, 0.29) is 17.1 Å². The minimum atomic E-state index is -4.59. The lowest BCUT2D eigenvalue weighted by atomic mass is 9.79. The Kier molecular flexibility index (Phi) is 3.59. The van der Waals surface area contributed by atoms with Crippen LogP contribution in [0.25, 0.3) is 0 Å². The van der Waals surface area contributed by atoms with Gasteiger partial charge in [-0.3, -0.25) is 0 Å². The summed E-state index contributed by atoms with van der Waals surface area (Å²) in [7, 11) is -1.93. The van der Waals surface area contributed by atoms with Gasteiger partial charge in [0.15, 0.2) is 0 Å². The van der Waals surface area contributed by atoms with Crippen molar-refractivity contribution in [3.63, 3.8) is 0 Å². The van der Waals surface area contributed by atoms with E-state index in [0.29, 0.717) is 6.07 Å². The number of pyridine rings is 1. The summed E-state index contributed by atoms with van der Waals surface area (Å²) >= 11 is 0. The van der Waals surface area contributed by atoms with Gasteiger partial charge in [0.2, 0.25) is 0 Å². The second-order valence-electron chi connectivity index (χ2n) is 3.74. The molecular weight excluding hydrogens is 222 g/mol. The monoisotopic (exact) mass is 233 g/mol. The van der Waals surface area contributed by atoms with Gasteiger partial charge in [0.1, 0.15) is 5.69 Å². The van der Waals surface area contributed by atoms with Gasteiger partial charge in [-0.05, 0) is 23.5 Å². The van der Waals surface area contributed by atoms with Crippen molar-refractivity contribution in [1.29, 1.82) is 0 Å². The molecule has 0 aromatic carbocycles. The van der Waals surface area contributed by atoms with E-state index in [0.717, 1.165) is 0 Å². The van der Waals surface area contributed by atoms with Gasteiger partial charge in [-0.1, -0.05) is 13.8 Å². The summed E-state index contributed by atoms with van der Waals surface area (Å²) in [6.45, 7) is 3.35. The third kappa shape index (κ3) is 2.96. The van der Waals surface area contributed by atoms with Gasteiger partial charge in [-0.15, -0.1) is 0 Å². The first kappa shape index (κ1) is 13.0. The zero-order valence-electron chi connectivity index (χ0n) is 8.78. The van der Waals surface area contributed by atoms with Crippen molar-refractivity contribution in [1.82, 2.24) is 4.98 Å². The van der Waals surface area contributed by atoms with Gasteiger partial charge < -0.3 is 10.0 Å². The normalized spacial score (nSPS) is 12.0. The van der Waals surface area contributed by atoms with Crippen molar-refractivity contribution in [3.8, 4) is 0 Å².